The van der Waals surface area contributed by atoms with Crippen LogP contribution in [0.4, 0.5) is 11.4 Å². The highest BCUT2D eigenvalue weighted by atomic mass is 32.2. The lowest BCUT2D eigenvalue weighted by atomic mass is 10.1. The Morgan fingerprint density at radius 1 is 0.931 bits per heavy atom. The molecule has 3 aromatic rings. The van der Waals surface area contributed by atoms with Crippen LogP contribution in [0.1, 0.15) is 37.5 Å². The molecule has 5 nitrogen and oxygen atoms in total. The second kappa shape index (κ2) is 7.95. The zero-order valence-electron chi connectivity index (χ0n) is 17.5. The number of anilines is 2. The molecule has 0 saturated heterocycles. The molecule has 29 heavy (non-hydrogen) atoms. The molecular formula is C23H28N2O3S. The number of rotatable bonds is 6. The van der Waals surface area contributed by atoms with Crippen molar-refractivity contribution >= 4 is 21.4 Å². The molecule has 0 aliphatic heterocycles. The normalized spacial score (nSPS) is 12.0. The van der Waals surface area contributed by atoms with Crippen molar-refractivity contribution in [2.24, 2.45) is 0 Å². The van der Waals surface area contributed by atoms with E-state index in [1.165, 1.54) is 0 Å². The lowest BCUT2D eigenvalue weighted by Gasteiger charge is -2.21. The van der Waals surface area contributed by atoms with E-state index in [-0.39, 0.29) is 0 Å². The summed E-state index contributed by atoms with van der Waals surface area (Å²) in [5.74, 6) is 0.851. The molecule has 0 aliphatic rings. The summed E-state index contributed by atoms with van der Waals surface area (Å²) in [5.41, 5.74) is 5.81. The smallest absolute Gasteiger partial charge is 0.237 e. The van der Waals surface area contributed by atoms with E-state index < -0.39 is 14.8 Å². The van der Waals surface area contributed by atoms with Crippen molar-refractivity contribution < 1.29 is 12.8 Å². The van der Waals surface area contributed by atoms with Gasteiger partial charge >= 0.3 is 0 Å². The van der Waals surface area contributed by atoms with Crippen LogP contribution >= 0.6 is 0 Å². The van der Waals surface area contributed by atoms with E-state index in [2.05, 4.69) is 23.0 Å². The molecule has 0 atom stereocenters. The van der Waals surface area contributed by atoms with Crippen molar-refractivity contribution in [2.75, 3.05) is 10.0 Å². The molecule has 0 spiro atoms. The third-order valence-corrected chi connectivity index (χ3v) is 6.96. The molecule has 2 aromatic carbocycles. The second-order valence-electron chi connectivity index (χ2n) is 8.23. The number of sulfonamides is 1. The van der Waals surface area contributed by atoms with Crippen molar-refractivity contribution in [3.05, 3.63) is 71.5 Å². The first-order chi connectivity index (χ1) is 13.6. The van der Waals surface area contributed by atoms with Gasteiger partial charge in [0.05, 0.1) is 16.7 Å². The van der Waals surface area contributed by atoms with Gasteiger partial charge in [-0.05, 0) is 87.7 Å². The summed E-state index contributed by atoms with van der Waals surface area (Å²) in [5, 5.41) is 3.45. The highest BCUT2D eigenvalue weighted by molar-refractivity contribution is 7.94. The molecule has 3 rings (SSSR count). The first-order valence-corrected chi connectivity index (χ1v) is 11.1. The molecule has 0 aliphatic carbocycles. The van der Waals surface area contributed by atoms with Gasteiger partial charge in [0.1, 0.15) is 5.76 Å². The van der Waals surface area contributed by atoms with Gasteiger partial charge in [-0.2, -0.15) is 0 Å². The van der Waals surface area contributed by atoms with Crippen LogP contribution in [0.3, 0.4) is 0 Å². The van der Waals surface area contributed by atoms with Gasteiger partial charge in [-0.15, -0.1) is 0 Å². The molecule has 1 heterocycles. The number of aryl methyl sites for hydroxylation is 2. The summed E-state index contributed by atoms with van der Waals surface area (Å²) in [4.78, 5) is 0. The topological polar surface area (TPSA) is 71.3 Å². The Hall–Kier alpha value is -2.73. The monoisotopic (exact) mass is 412 g/mol. The van der Waals surface area contributed by atoms with Gasteiger partial charge in [0.25, 0.3) is 0 Å². The molecule has 154 valence electrons. The van der Waals surface area contributed by atoms with E-state index in [0.29, 0.717) is 12.2 Å². The number of hydrogen-bond donors (Lipinski definition) is 2. The first kappa shape index (κ1) is 21.0. The predicted molar refractivity (Wildman–Crippen MR) is 120 cm³/mol. The van der Waals surface area contributed by atoms with Gasteiger partial charge in [-0.1, -0.05) is 12.1 Å². The minimum atomic E-state index is -3.44. The van der Waals surface area contributed by atoms with Crippen molar-refractivity contribution in [3.63, 3.8) is 0 Å². The average Bonchev–Trinajstić information content (AvgIpc) is 3.16. The van der Waals surface area contributed by atoms with Crippen LogP contribution in [-0.4, -0.2) is 13.2 Å². The van der Waals surface area contributed by atoms with Crippen molar-refractivity contribution in [1.82, 2.24) is 0 Å². The third kappa shape index (κ3) is 4.82. The molecule has 0 radical (unpaired) electrons. The zero-order chi connectivity index (χ0) is 21.2. The molecule has 1 aromatic heterocycles. The van der Waals surface area contributed by atoms with Crippen LogP contribution in [-0.2, 0) is 16.6 Å². The van der Waals surface area contributed by atoms with Gasteiger partial charge in [0.2, 0.25) is 10.0 Å². The van der Waals surface area contributed by atoms with E-state index in [1.54, 1.807) is 27.0 Å². The van der Waals surface area contributed by atoms with Crippen LogP contribution in [0.15, 0.2) is 59.2 Å². The van der Waals surface area contributed by atoms with Crippen molar-refractivity contribution in [2.45, 2.75) is 45.9 Å². The average molecular weight is 413 g/mol. The lowest BCUT2D eigenvalue weighted by Crippen LogP contribution is -2.33. The summed E-state index contributed by atoms with van der Waals surface area (Å²) in [6, 6.07) is 15.8. The van der Waals surface area contributed by atoms with E-state index in [0.717, 1.165) is 33.7 Å². The largest absolute Gasteiger partial charge is 0.464 e. The van der Waals surface area contributed by atoms with Crippen LogP contribution in [0.2, 0.25) is 0 Å². The van der Waals surface area contributed by atoms with E-state index in [4.69, 9.17) is 4.42 Å². The van der Waals surface area contributed by atoms with Crippen molar-refractivity contribution in [1.29, 1.82) is 0 Å². The zero-order valence-corrected chi connectivity index (χ0v) is 18.4. The second-order valence-corrected chi connectivity index (χ2v) is 10.7. The molecule has 0 fully saturated rings. The van der Waals surface area contributed by atoms with E-state index in [1.807, 2.05) is 49.4 Å². The third-order valence-electron chi connectivity index (χ3n) is 4.86. The molecule has 6 heteroatoms. The summed E-state index contributed by atoms with van der Waals surface area (Å²) in [7, 11) is -3.44. The fourth-order valence-corrected chi connectivity index (χ4v) is 3.73. The predicted octanol–water partition coefficient (Wildman–Crippen LogP) is 5.72. The van der Waals surface area contributed by atoms with Crippen LogP contribution in [0.25, 0.3) is 11.3 Å². The molecule has 0 unspecified atom stereocenters. The lowest BCUT2D eigenvalue weighted by molar-refractivity contribution is 0.566. The Morgan fingerprint density at radius 3 is 2.21 bits per heavy atom. The summed E-state index contributed by atoms with van der Waals surface area (Å²) >= 11 is 0. The van der Waals surface area contributed by atoms with Gasteiger partial charge in [-0.25, -0.2) is 8.42 Å². The van der Waals surface area contributed by atoms with Crippen molar-refractivity contribution in [3.8, 4) is 11.3 Å². The highest BCUT2D eigenvalue weighted by Gasteiger charge is 2.29. The van der Waals surface area contributed by atoms with Gasteiger partial charge < -0.3 is 9.73 Å². The Morgan fingerprint density at radius 2 is 1.62 bits per heavy atom. The first-order valence-electron chi connectivity index (χ1n) is 9.57. The maximum absolute atomic E-state index is 12.4. The summed E-state index contributed by atoms with van der Waals surface area (Å²) in [6.07, 6.45) is 1.67. The summed E-state index contributed by atoms with van der Waals surface area (Å²) in [6.45, 7) is 9.67. The van der Waals surface area contributed by atoms with Crippen LogP contribution < -0.4 is 10.0 Å². The quantitative estimate of drug-likeness (QED) is 0.543. The Labute approximate surface area is 173 Å². The standard InChI is InChI=1S/C23H28N2O3S/c1-16-13-18(8-10-21(16)25-29(26,27)23(3,4)5)15-24-20-11-9-19(14-17(20)2)22-7-6-12-28-22/h6-14,24-25H,15H2,1-5H3. The van der Waals surface area contributed by atoms with Crippen LogP contribution in [0.5, 0.6) is 0 Å². The molecular weight excluding hydrogens is 384 g/mol. The number of furan rings is 1. The summed E-state index contributed by atoms with van der Waals surface area (Å²) < 4.78 is 32.1. The van der Waals surface area contributed by atoms with Gasteiger partial charge in [0, 0.05) is 17.8 Å². The van der Waals surface area contributed by atoms with E-state index >= 15 is 0 Å². The highest BCUT2D eigenvalue weighted by Crippen LogP contribution is 2.26. The SMILES string of the molecule is Cc1cc(-c2ccco2)ccc1NCc1ccc(NS(=O)(=O)C(C)(C)C)c(C)c1. The Kier molecular flexibility index (Phi) is 5.75. The molecule has 0 bridgehead atoms. The minimum Gasteiger partial charge on any atom is -0.464 e. The van der Waals surface area contributed by atoms with E-state index in [9.17, 15) is 8.42 Å². The van der Waals surface area contributed by atoms with Crippen LogP contribution in [0, 0.1) is 13.8 Å². The maximum Gasteiger partial charge on any atom is 0.237 e. The minimum absolute atomic E-state index is 0.614. The Balaban J connectivity index is 1.70. The number of hydrogen-bond acceptors (Lipinski definition) is 4. The van der Waals surface area contributed by atoms with Gasteiger partial charge in [-0.3, -0.25) is 4.72 Å². The molecule has 2 N–H and O–H groups in total. The maximum atomic E-state index is 12.4. The van der Waals surface area contributed by atoms with Gasteiger partial charge in [0.15, 0.2) is 0 Å². The molecule has 0 amide bonds. The molecule has 0 saturated carbocycles. The fraction of sp³-hybridized carbons (Fsp3) is 0.304. The Bertz CT molecular complexity index is 1100. The fourth-order valence-electron chi connectivity index (χ4n) is 2.90. The number of nitrogens with one attached hydrogen (secondary N) is 2. The number of benzene rings is 2.